The van der Waals surface area contributed by atoms with Gasteiger partial charge in [0.2, 0.25) is 0 Å². The molecule has 1 aromatic heterocycles. The van der Waals surface area contributed by atoms with E-state index in [0.717, 1.165) is 30.5 Å². The fourth-order valence-corrected chi connectivity index (χ4v) is 2.54. The van der Waals surface area contributed by atoms with E-state index in [4.69, 9.17) is 0 Å². The average molecular weight is 290 g/mol. The summed E-state index contributed by atoms with van der Waals surface area (Å²) in [4.78, 5) is 14.8. The summed E-state index contributed by atoms with van der Waals surface area (Å²) in [5, 5.41) is 0. The van der Waals surface area contributed by atoms with Gasteiger partial charge in [0.05, 0.1) is 18.2 Å². The van der Waals surface area contributed by atoms with Gasteiger partial charge < -0.3 is 9.36 Å². The largest absolute Gasteiger partial charge is 0.330 e. The predicted molar refractivity (Wildman–Crippen MR) is 87.6 cm³/mol. The maximum absolute atomic E-state index is 10.5. The molecular weight excluding hydrogens is 272 g/mol. The third-order valence-corrected chi connectivity index (χ3v) is 3.77. The van der Waals surface area contributed by atoms with E-state index in [1.54, 1.807) is 0 Å². The summed E-state index contributed by atoms with van der Waals surface area (Å²) in [7, 11) is 0. The van der Waals surface area contributed by atoms with Crippen molar-refractivity contribution in [1.82, 2.24) is 9.55 Å². The molecule has 3 rings (SSSR count). The summed E-state index contributed by atoms with van der Waals surface area (Å²) < 4.78 is 2.18. The van der Waals surface area contributed by atoms with Crippen LogP contribution in [0.5, 0.6) is 0 Å². The molecule has 0 unspecified atom stereocenters. The molecule has 0 amide bonds. The molecule has 2 aromatic carbocycles. The molecule has 0 N–H and O–H groups in total. The number of hydrogen-bond donors (Lipinski definition) is 0. The van der Waals surface area contributed by atoms with Crippen molar-refractivity contribution in [2.45, 2.75) is 19.4 Å². The van der Waals surface area contributed by atoms with E-state index in [0.29, 0.717) is 6.42 Å². The minimum absolute atomic E-state index is 0.486. The van der Waals surface area contributed by atoms with Crippen LogP contribution in [0.3, 0.4) is 0 Å². The van der Waals surface area contributed by atoms with E-state index in [9.17, 15) is 4.79 Å². The monoisotopic (exact) mass is 290 g/mol. The molecule has 0 saturated heterocycles. The molecular formula is C19H18N2O. The van der Waals surface area contributed by atoms with Gasteiger partial charge in [-0.1, -0.05) is 54.6 Å². The van der Waals surface area contributed by atoms with Crippen LogP contribution in [-0.4, -0.2) is 15.8 Å². The lowest BCUT2D eigenvalue weighted by molar-refractivity contribution is -0.107. The average Bonchev–Trinajstić information content (AvgIpc) is 3.04. The van der Waals surface area contributed by atoms with Gasteiger partial charge in [0.15, 0.2) is 0 Å². The fourth-order valence-electron chi connectivity index (χ4n) is 2.54. The summed E-state index contributed by atoms with van der Waals surface area (Å²) in [6, 6.07) is 18.5. The highest BCUT2D eigenvalue weighted by molar-refractivity contribution is 5.58. The zero-order valence-corrected chi connectivity index (χ0v) is 12.4. The zero-order chi connectivity index (χ0) is 15.2. The van der Waals surface area contributed by atoms with Crippen molar-refractivity contribution in [3.05, 3.63) is 78.2 Å². The Kier molecular flexibility index (Phi) is 4.44. The van der Waals surface area contributed by atoms with Crippen LogP contribution in [0.25, 0.3) is 11.3 Å². The third-order valence-electron chi connectivity index (χ3n) is 3.77. The summed E-state index contributed by atoms with van der Waals surface area (Å²) in [5.74, 6) is 0. The molecule has 0 atom stereocenters. The van der Waals surface area contributed by atoms with Crippen LogP contribution in [0.4, 0.5) is 0 Å². The predicted octanol–water partition coefficient (Wildman–Crippen LogP) is 3.53. The van der Waals surface area contributed by atoms with Gasteiger partial charge in [0.25, 0.3) is 0 Å². The Morgan fingerprint density at radius 3 is 2.41 bits per heavy atom. The van der Waals surface area contributed by atoms with E-state index in [1.165, 1.54) is 11.1 Å². The number of carbonyl (C=O) groups excluding carboxylic acids is 1. The van der Waals surface area contributed by atoms with Gasteiger partial charge in [0.1, 0.15) is 6.29 Å². The van der Waals surface area contributed by atoms with Gasteiger partial charge in [-0.05, 0) is 23.1 Å². The Labute approximate surface area is 130 Å². The quantitative estimate of drug-likeness (QED) is 0.651. The molecule has 0 radical (unpaired) electrons. The topological polar surface area (TPSA) is 34.9 Å². The van der Waals surface area contributed by atoms with E-state index in [-0.39, 0.29) is 0 Å². The number of nitrogens with zero attached hydrogens (tertiary/aromatic N) is 2. The first-order valence-corrected chi connectivity index (χ1v) is 7.44. The molecule has 0 fully saturated rings. The second kappa shape index (κ2) is 6.85. The Morgan fingerprint density at radius 2 is 1.68 bits per heavy atom. The Hall–Kier alpha value is -2.68. The summed E-state index contributed by atoms with van der Waals surface area (Å²) in [5.41, 5.74) is 4.65. The van der Waals surface area contributed by atoms with Gasteiger partial charge in [0, 0.05) is 13.0 Å². The molecule has 0 bridgehead atoms. The number of aldehydes is 1. The van der Waals surface area contributed by atoms with Gasteiger partial charge >= 0.3 is 0 Å². The molecule has 3 nitrogen and oxygen atoms in total. The van der Waals surface area contributed by atoms with E-state index >= 15 is 0 Å². The first-order valence-electron chi connectivity index (χ1n) is 7.44. The number of aromatic nitrogens is 2. The van der Waals surface area contributed by atoms with Crippen molar-refractivity contribution in [3.63, 3.8) is 0 Å². The minimum Gasteiger partial charge on any atom is -0.330 e. The highest BCUT2D eigenvalue weighted by Gasteiger charge is 2.04. The molecule has 0 aliphatic carbocycles. The van der Waals surface area contributed by atoms with Crippen molar-refractivity contribution in [3.8, 4) is 11.3 Å². The lowest BCUT2D eigenvalue weighted by Gasteiger charge is -2.08. The molecule has 0 saturated carbocycles. The third kappa shape index (κ3) is 3.31. The highest BCUT2D eigenvalue weighted by Crippen LogP contribution is 2.18. The van der Waals surface area contributed by atoms with Gasteiger partial charge in [-0.3, -0.25) is 0 Å². The van der Waals surface area contributed by atoms with Crippen molar-refractivity contribution < 1.29 is 4.79 Å². The molecule has 3 aromatic rings. The van der Waals surface area contributed by atoms with Gasteiger partial charge in [-0.25, -0.2) is 4.98 Å². The maximum Gasteiger partial charge on any atom is 0.124 e. The summed E-state index contributed by atoms with van der Waals surface area (Å²) in [6.45, 7) is 0.886. The zero-order valence-electron chi connectivity index (χ0n) is 12.4. The second-order valence-corrected chi connectivity index (χ2v) is 5.28. The van der Waals surface area contributed by atoms with Crippen LogP contribution in [-0.2, 0) is 24.2 Å². The van der Waals surface area contributed by atoms with Crippen molar-refractivity contribution in [2.75, 3.05) is 0 Å². The normalized spacial score (nSPS) is 10.5. The molecule has 0 aliphatic heterocycles. The minimum atomic E-state index is 0.486. The first-order chi connectivity index (χ1) is 10.9. The number of benzene rings is 2. The van der Waals surface area contributed by atoms with Crippen LogP contribution < -0.4 is 0 Å². The van der Waals surface area contributed by atoms with Gasteiger partial charge in [-0.2, -0.15) is 0 Å². The highest BCUT2D eigenvalue weighted by atomic mass is 16.1. The van der Waals surface area contributed by atoms with E-state index in [2.05, 4.69) is 33.8 Å². The Bertz CT molecular complexity index is 730. The van der Waals surface area contributed by atoms with Gasteiger partial charge in [-0.15, -0.1) is 0 Å². The summed E-state index contributed by atoms with van der Waals surface area (Å²) in [6.07, 6.45) is 6.15. The second-order valence-electron chi connectivity index (χ2n) is 5.28. The van der Waals surface area contributed by atoms with Crippen LogP contribution in [0.1, 0.15) is 11.1 Å². The SMILES string of the molecule is O=CCc1ccc(CCn2cncc2-c2ccccc2)cc1. The van der Waals surface area contributed by atoms with E-state index < -0.39 is 0 Å². The van der Waals surface area contributed by atoms with E-state index in [1.807, 2.05) is 42.9 Å². The van der Waals surface area contributed by atoms with Crippen LogP contribution in [0.15, 0.2) is 67.1 Å². The van der Waals surface area contributed by atoms with Crippen LogP contribution >= 0.6 is 0 Å². The number of hydrogen-bond acceptors (Lipinski definition) is 2. The number of imidazole rings is 1. The molecule has 1 heterocycles. The fraction of sp³-hybridized carbons (Fsp3) is 0.158. The standard InChI is InChI=1S/C19H18N2O/c22-13-11-17-8-6-16(7-9-17)10-12-21-15-20-14-19(21)18-4-2-1-3-5-18/h1-9,13-15H,10-12H2. The maximum atomic E-state index is 10.5. The molecule has 110 valence electrons. The Balaban J connectivity index is 1.70. The molecule has 22 heavy (non-hydrogen) atoms. The van der Waals surface area contributed by atoms with Crippen LogP contribution in [0, 0.1) is 0 Å². The van der Waals surface area contributed by atoms with Crippen molar-refractivity contribution in [1.29, 1.82) is 0 Å². The smallest absolute Gasteiger partial charge is 0.124 e. The Morgan fingerprint density at radius 1 is 0.955 bits per heavy atom. The first kappa shape index (κ1) is 14.3. The van der Waals surface area contributed by atoms with Crippen molar-refractivity contribution >= 4 is 6.29 Å². The number of carbonyl (C=O) groups is 1. The molecule has 0 aliphatic rings. The lowest BCUT2D eigenvalue weighted by Crippen LogP contribution is -2.02. The van der Waals surface area contributed by atoms with Crippen molar-refractivity contribution in [2.24, 2.45) is 0 Å². The van der Waals surface area contributed by atoms with Crippen LogP contribution in [0.2, 0.25) is 0 Å². The summed E-state index contributed by atoms with van der Waals surface area (Å²) >= 11 is 0. The number of aryl methyl sites for hydroxylation is 2. The molecule has 3 heteroatoms. The number of rotatable bonds is 6. The molecule has 0 spiro atoms. The lowest BCUT2D eigenvalue weighted by atomic mass is 10.1.